The third-order valence-electron chi connectivity index (χ3n) is 5.35. The van der Waals surface area contributed by atoms with Gasteiger partial charge in [0.25, 0.3) is 0 Å². The van der Waals surface area contributed by atoms with Crippen molar-refractivity contribution in [2.45, 2.75) is 27.7 Å². The van der Waals surface area contributed by atoms with Gasteiger partial charge in [-0.15, -0.1) is 0 Å². The van der Waals surface area contributed by atoms with E-state index >= 15 is 0 Å². The number of benzene rings is 1. The van der Waals surface area contributed by atoms with Gasteiger partial charge >= 0.3 is 0 Å². The van der Waals surface area contributed by atoms with Crippen LogP contribution in [0.4, 0.5) is 0 Å². The van der Waals surface area contributed by atoms with Gasteiger partial charge in [0, 0.05) is 42.2 Å². The molecule has 0 bridgehead atoms. The molecular formula is C21H24N6. The highest BCUT2D eigenvalue weighted by Gasteiger charge is 2.23. The largest absolute Gasteiger partial charge is 0.272 e. The number of nitrogens with zero attached hydrogens (tertiary/aromatic N) is 6. The summed E-state index contributed by atoms with van der Waals surface area (Å²) >= 11 is 0. The van der Waals surface area contributed by atoms with E-state index in [1.165, 1.54) is 5.56 Å². The molecule has 138 valence electrons. The molecule has 3 heterocycles. The van der Waals surface area contributed by atoms with Crippen molar-refractivity contribution < 1.29 is 0 Å². The summed E-state index contributed by atoms with van der Waals surface area (Å²) in [6.07, 6.45) is 3.82. The van der Waals surface area contributed by atoms with Gasteiger partial charge in [-0.25, -0.2) is 4.68 Å². The van der Waals surface area contributed by atoms with Crippen LogP contribution in [0.5, 0.6) is 0 Å². The zero-order valence-corrected chi connectivity index (χ0v) is 16.6. The SMILES string of the molecule is Cc1cccc(-n2nc(-c3cnn(C)c3C)c(C)c2-c2cnn(C)c2C)c1. The van der Waals surface area contributed by atoms with Crippen molar-refractivity contribution in [1.29, 1.82) is 0 Å². The van der Waals surface area contributed by atoms with E-state index in [0.29, 0.717) is 0 Å². The van der Waals surface area contributed by atoms with E-state index < -0.39 is 0 Å². The van der Waals surface area contributed by atoms with Gasteiger partial charge in [-0.2, -0.15) is 15.3 Å². The lowest BCUT2D eigenvalue weighted by Crippen LogP contribution is -2.01. The minimum atomic E-state index is 0.959. The van der Waals surface area contributed by atoms with Crippen molar-refractivity contribution in [3.63, 3.8) is 0 Å². The van der Waals surface area contributed by atoms with E-state index in [2.05, 4.69) is 62.2 Å². The lowest BCUT2D eigenvalue weighted by atomic mass is 10.0. The Balaban J connectivity index is 2.04. The molecule has 3 aromatic heterocycles. The number of hydrogen-bond donors (Lipinski definition) is 0. The Hall–Kier alpha value is -3.15. The summed E-state index contributed by atoms with van der Waals surface area (Å²) in [7, 11) is 3.92. The van der Waals surface area contributed by atoms with Crippen molar-refractivity contribution >= 4 is 0 Å². The minimum Gasteiger partial charge on any atom is -0.272 e. The molecule has 0 aliphatic carbocycles. The van der Waals surface area contributed by atoms with E-state index in [0.717, 1.165) is 45.2 Å². The van der Waals surface area contributed by atoms with Crippen LogP contribution in [-0.2, 0) is 14.1 Å². The lowest BCUT2D eigenvalue weighted by molar-refractivity contribution is 0.740. The lowest BCUT2D eigenvalue weighted by Gasteiger charge is -2.09. The van der Waals surface area contributed by atoms with Crippen molar-refractivity contribution in [2.75, 3.05) is 0 Å². The second kappa shape index (κ2) is 6.23. The van der Waals surface area contributed by atoms with Gasteiger partial charge < -0.3 is 0 Å². The molecule has 4 rings (SSSR count). The summed E-state index contributed by atoms with van der Waals surface area (Å²) in [6, 6.07) is 8.41. The van der Waals surface area contributed by atoms with Crippen LogP contribution in [0.3, 0.4) is 0 Å². The Morgan fingerprint density at radius 3 is 2.00 bits per heavy atom. The smallest absolute Gasteiger partial charge is 0.0997 e. The summed E-state index contributed by atoms with van der Waals surface area (Å²) in [6.45, 7) is 8.39. The topological polar surface area (TPSA) is 53.5 Å². The van der Waals surface area contributed by atoms with E-state index in [4.69, 9.17) is 5.10 Å². The molecule has 0 N–H and O–H groups in total. The maximum absolute atomic E-state index is 5.02. The molecule has 6 heteroatoms. The molecule has 0 atom stereocenters. The molecule has 0 spiro atoms. The van der Waals surface area contributed by atoms with E-state index in [1.807, 2.05) is 40.5 Å². The molecule has 0 aliphatic rings. The first-order chi connectivity index (χ1) is 12.9. The summed E-state index contributed by atoms with van der Waals surface area (Å²) in [5, 5.41) is 13.9. The van der Waals surface area contributed by atoms with Gasteiger partial charge in [0.2, 0.25) is 0 Å². The summed E-state index contributed by atoms with van der Waals surface area (Å²) in [4.78, 5) is 0. The van der Waals surface area contributed by atoms with Crippen LogP contribution in [0, 0.1) is 27.7 Å². The second-order valence-electron chi connectivity index (χ2n) is 7.11. The maximum atomic E-state index is 5.02. The third kappa shape index (κ3) is 2.68. The van der Waals surface area contributed by atoms with Crippen LogP contribution >= 0.6 is 0 Å². The zero-order chi connectivity index (χ0) is 19.3. The Kier molecular flexibility index (Phi) is 3.98. The number of aromatic nitrogens is 6. The maximum Gasteiger partial charge on any atom is 0.0997 e. The average molecular weight is 360 g/mol. The molecule has 0 amide bonds. The Bertz CT molecular complexity index is 1140. The molecule has 0 radical (unpaired) electrons. The Labute approximate surface area is 159 Å². The molecular weight excluding hydrogens is 336 g/mol. The number of hydrogen-bond acceptors (Lipinski definition) is 3. The van der Waals surface area contributed by atoms with Gasteiger partial charge in [-0.05, 0) is 45.4 Å². The van der Waals surface area contributed by atoms with E-state index in [-0.39, 0.29) is 0 Å². The monoisotopic (exact) mass is 360 g/mol. The van der Waals surface area contributed by atoms with Crippen molar-refractivity contribution in [3.8, 4) is 28.2 Å². The van der Waals surface area contributed by atoms with Crippen LogP contribution in [0.2, 0.25) is 0 Å². The van der Waals surface area contributed by atoms with Crippen molar-refractivity contribution in [1.82, 2.24) is 29.3 Å². The summed E-state index contributed by atoms with van der Waals surface area (Å²) < 4.78 is 5.82. The van der Waals surface area contributed by atoms with Gasteiger partial charge in [0.05, 0.1) is 29.5 Å². The molecule has 0 saturated carbocycles. The normalized spacial score (nSPS) is 11.3. The predicted octanol–water partition coefficient (Wildman–Crippen LogP) is 3.91. The average Bonchev–Trinajstić information content (AvgIpc) is 3.26. The van der Waals surface area contributed by atoms with Crippen LogP contribution in [0.25, 0.3) is 28.2 Å². The fourth-order valence-electron chi connectivity index (χ4n) is 3.48. The molecule has 0 saturated heterocycles. The quantitative estimate of drug-likeness (QED) is 0.557. The molecule has 27 heavy (non-hydrogen) atoms. The Morgan fingerprint density at radius 1 is 0.815 bits per heavy atom. The van der Waals surface area contributed by atoms with Crippen molar-refractivity contribution in [3.05, 3.63) is 59.2 Å². The van der Waals surface area contributed by atoms with Crippen LogP contribution < -0.4 is 0 Å². The highest BCUT2D eigenvalue weighted by molar-refractivity contribution is 5.77. The first kappa shape index (κ1) is 17.3. The van der Waals surface area contributed by atoms with Gasteiger partial charge in [0.15, 0.2) is 0 Å². The van der Waals surface area contributed by atoms with Crippen LogP contribution in [0.1, 0.15) is 22.5 Å². The minimum absolute atomic E-state index is 0.959. The molecule has 0 fully saturated rings. The number of aryl methyl sites for hydroxylation is 3. The standard InChI is InChI=1S/C21H24N6/c1-13-8-7-9-17(10-13)27-21(19-12-23-26(6)16(19)4)14(2)20(24-27)18-11-22-25(5)15(18)3/h7-12H,1-6H3. The molecule has 0 unspecified atom stereocenters. The molecule has 0 aliphatic heterocycles. The van der Waals surface area contributed by atoms with E-state index in [1.54, 1.807) is 0 Å². The van der Waals surface area contributed by atoms with Gasteiger partial charge in [-0.3, -0.25) is 9.36 Å². The van der Waals surface area contributed by atoms with Gasteiger partial charge in [-0.1, -0.05) is 12.1 Å². The third-order valence-corrected chi connectivity index (χ3v) is 5.35. The first-order valence-electron chi connectivity index (χ1n) is 9.03. The molecule has 1 aromatic carbocycles. The van der Waals surface area contributed by atoms with Crippen molar-refractivity contribution in [2.24, 2.45) is 14.1 Å². The first-order valence-corrected chi connectivity index (χ1v) is 9.03. The zero-order valence-electron chi connectivity index (χ0n) is 16.6. The predicted molar refractivity (Wildman–Crippen MR) is 107 cm³/mol. The summed E-state index contributed by atoms with van der Waals surface area (Å²) in [5.41, 5.74) is 9.77. The highest BCUT2D eigenvalue weighted by atomic mass is 15.3. The molecule has 4 aromatic rings. The summed E-state index contributed by atoms with van der Waals surface area (Å²) in [5.74, 6) is 0. The van der Waals surface area contributed by atoms with Crippen LogP contribution in [0.15, 0.2) is 36.7 Å². The fourth-order valence-corrected chi connectivity index (χ4v) is 3.48. The van der Waals surface area contributed by atoms with Gasteiger partial charge in [0.1, 0.15) is 0 Å². The Morgan fingerprint density at radius 2 is 1.44 bits per heavy atom. The van der Waals surface area contributed by atoms with E-state index in [9.17, 15) is 0 Å². The van der Waals surface area contributed by atoms with Crippen LogP contribution in [-0.4, -0.2) is 29.3 Å². The number of rotatable bonds is 3. The fraction of sp³-hybridized carbons (Fsp3) is 0.286. The highest BCUT2D eigenvalue weighted by Crippen LogP contribution is 2.36. The second-order valence-corrected chi connectivity index (χ2v) is 7.11. The molecule has 6 nitrogen and oxygen atoms in total.